The van der Waals surface area contributed by atoms with Crippen LogP contribution in [0.25, 0.3) is 33.4 Å². The number of carboxylic acids is 3. The van der Waals surface area contributed by atoms with Gasteiger partial charge in [0, 0.05) is 52.9 Å². The van der Waals surface area contributed by atoms with Gasteiger partial charge in [0.2, 0.25) is 29.5 Å². The molecule has 0 aromatic heterocycles. The van der Waals surface area contributed by atoms with Gasteiger partial charge in [-0.1, -0.05) is 24.6 Å². The Balaban J connectivity index is 0.0000132. The van der Waals surface area contributed by atoms with E-state index in [1.807, 2.05) is 26.8 Å². The maximum atomic E-state index is 14.2. The number of phenols is 1. The van der Waals surface area contributed by atoms with E-state index in [1.54, 1.807) is 6.07 Å². The molecule has 19 atom stereocenters. The van der Waals surface area contributed by atoms with Crippen molar-refractivity contribution in [2.45, 2.75) is 211 Å². The van der Waals surface area contributed by atoms with Crippen molar-refractivity contribution < 1.29 is 204 Å². The zero-order valence-corrected chi connectivity index (χ0v) is 69.2. The number of fused-ring (bicyclic) bond motifs is 2. The number of aliphatic carboxylic acids is 2. The number of hydrogen-bond acceptors (Lipinski definition) is 29. The van der Waals surface area contributed by atoms with E-state index in [-0.39, 0.29) is 125 Å². The summed E-state index contributed by atoms with van der Waals surface area (Å²) in [6.07, 6.45) is -15.9. The molecule has 4 unspecified atom stereocenters. The van der Waals surface area contributed by atoms with Crippen LogP contribution in [0.4, 0.5) is 5.69 Å². The van der Waals surface area contributed by atoms with Crippen molar-refractivity contribution >= 4 is 91.5 Å². The van der Waals surface area contributed by atoms with Crippen LogP contribution >= 0.6 is 15.6 Å². The third-order valence-electron chi connectivity index (χ3n) is 17.5. The Morgan fingerprint density at radius 2 is 1.29 bits per heavy atom. The Morgan fingerprint density at radius 3 is 1.90 bits per heavy atom. The number of hydrogen-bond donors (Lipinski definition) is 16. The Morgan fingerprint density at radius 1 is 0.661 bits per heavy atom. The van der Waals surface area contributed by atoms with Gasteiger partial charge < -0.3 is 116 Å². The molecule has 0 bridgehead atoms. The van der Waals surface area contributed by atoms with Gasteiger partial charge in [-0.25, -0.2) is 18.7 Å². The fourth-order valence-corrected chi connectivity index (χ4v) is 13.9. The zero-order chi connectivity index (χ0) is 81.8. The number of carboxylic acid groups (broad SMARTS) is 3. The molecule has 43 heteroatoms. The minimum Gasteiger partial charge on any atom is -0.862 e. The molecule has 2 aromatic carbocycles. The van der Waals surface area contributed by atoms with Gasteiger partial charge >= 0.3 is 92.7 Å². The number of phosphoric ester groups is 2. The van der Waals surface area contributed by atoms with Crippen LogP contribution in [-0.4, -0.2) is 234 Å². The van der Waals surface area contributed by atoms with Crippen molar-refractivity contribution in [3.8, 4) is 28.2 Å². The molecule has 608 valence electrons. The summed E-state index contributed by atoms with van der Waals surface area (Å²) < 4.78 is 71.2. The fraction of sp³-hybridized carbons (Fsp3) is 0.551. The number of aromatic hydroxyl groups is 1. The molecule has 2 saturated heterocycles. The van der Waals surface area contributed by atoms with Crippen LogP contribution in [0.3, 0.4) is 0 Å². The van der Waals surface area contributed by atoms with Gasteiger partial charge in [0.1, 0.15) is 102 Å². The summed E-state index contributed by atoms with van der Waals surface area (Å²) in [7, 11) is -11.4. The third kappa shape index (κ3) is 28.5. The number of unbranched alkanes of at least 4 members (excludes halogenated alkanes) is 1. The van der Waals surface area contributed by atoms with Crippen LogP contribution < -0.4 is 107 Å². The van der Waals surface area contributed by atoms with Crippen molar-refractivity contribution in [3.05, 3.63) is 82.0 Å². The first-order valence-electron chi connectivity index (χ1n) is 34.9. The molecule has 16 N–H and O–H groups in total. The van der Waals surface area contributed by atoms with E-state index in [0.717, 1.165) is 33.3 Å². The summed E-state index contributed by atoms with van der Waals surface area (Å²) in [5.74, 6) is -11.9. The first-order chi connectivity index (χ1) is 51.6. The number of aromatic carboxylic acids is 1. The molecule has 0 spiro atoms. The van der Waals surface area contributed by atoms with Gasteiger partial charge in [0.05, 0.1) is 25.4 Å². The van der Waals surface area contributed by atoms with Crippen molar-refractivity contribution in [2.24, 2.45) is 15.9 Å². The van der Waals surface area contributed by atoms with Gasteiger partial charge in [-0.15, -0.1) is 0 Å². The summed E-state index contributed by atoms with van der Waals surface area (Å²) in [5, 5.41) is 124. The second-order valence-corrected chi connectivity index (χ2v) is 29.6. The number of phenolic OH excluding ortho intramolecular Hbond substituents is 1. The number of carbonyl (C=O) groups excluding carboxylic acids is 5. The summed E-state index contributed by atoms with van der Waals surface area (Å²) in [6.45, 7) is 9.38. The van der Waals surface area contributed by atoms with Crippen molar-refractivity contribution in [1.82, 2.24) is 26.6 Å². The second-order valence-electron chi connectivity index (χ2n) is 26.6. The second kappa shape index (κ2) is 44.8. The number of aliphatic hydroxyl groups is 4. The van der Waals surface area contributed by atoms with E-state index in [2.05, 4.69) is 46.2 Å². The van der Waals surface area contributed by atoms with E-state index in [4.69, 9.17) is 32.4 Å². The largest absolute Gasteiger partial charge is 1.00 e. The number of aliphatic imine (C=N–C) groups is 2. The maximum Gasteiger partial charge on any atom is 1.00 e. The van der Waals surface area contributed by atoms with Crippen LogP contribution in [0.5, 0.6) is 5.75 Å². The Hall–Kier alpha value is -6.89. The molecule has 6 rings (SSSR count). The molecule has 2 fully saturated rings. The number of anilines is 1. The van der Waals surface area contributed by atoms with E-state index >= 15 is 0 Å². The number of allylic oxidation sites excluding steroid dienone is 2. The number of aliphatic hydroxyl groups excluding tert-OH is 4. The molecule has 5 amide bonds. The quantitative estimate of drug-likeness (QED) is 0.00375. The smallest absolute Gasteiger partial charge is 0.862 e. The van der Waals surface area contributed by atoms with Gasteiger partial charge in [0.15, 0.2) is 18.0 Å². The molecule has 2 aromatic rings. The number of rotatable bonds is 41. The number of phosphoric acid groups is 2. The third-order valence-corrected chi connectivity index (χ3v) is 20.1. The fourth-order valence-electron chi connectivity index (χ4n) is 11.8. The van der Waals surface area contributed by atoms with E-state index in [1.165, 1.54) is 62.4 Å². The Labute approximate surface area is 686 Å². The molecule has 112 heavy (non-hydrogen) atoms. The van der Waals surface area contributed by atoms with Crippen LogP contribution in [-0.2, 0) is 75.0 Å². The molecule has 3 aliphatic heterocycles. The topological polar surface area (TPSA) is 611 Å². The minimum absolute atomic E-state index is 0. The summed E-state index contributed by atoms with van der Waals surface area (Å²) in [5.41, 5.74) is 1.81. The molecular formula is C69H94N8Na2O31P2. The average molecular weight is 1640 g/mol. The maximum absolute atomic E-state index is 14.2. The predicted molar refractivity (Wildman–Crippen MR) is 383 cm³/mol. The van der Waals surface area contributed by atoms with Crippen LogP contribution in [0.2, 0.25) is 0 Å². The van der Waals surface area contributed by atoms with Gasteiger partial charge in [-0.3, -0.25) is 52.6 Å². The van der Waals surface area contributed by atoms with E-state index in [0.29, 0.717) is 35.0 Å². The summed E-state index contributed by atoms with van der Waals surface area (Å²) in [4.78, 5) is 148. The van der Waals surface area contributed by atoms with Crippen molar-refractivity contribution in [1.29, 1.82) is 0 Å². The molecule has 1 aliphatic carbocycles. The molecule has 0 radical (unpaired) electrons. The zero-order valence-electron chi connectivity index (χ0n) is 63.4. The van der Waals surface area contributed by atoms with Crippen LogP contribution in [0, 0.1) is 5.92 Å². The molecule has 4 aliphatic rings. The van der Waals surface area contributed by atoms with Crippen LogP contribution in [0.15, 0.2) is 85.4 Å². The van der Waals surface area contributed by atoms with E-state index < -0.39 is 211 Å². The van der Waals surface area contributed by atoms with Gasteiger partial charge in [-0.2, -0.15) is 4.31 Å². The Kier molecular flexibility index (Phi) is 39.0. The average Bonchev–Trinajstić information content (AvgIpc) is 0.737. The molecule has 39 nitrogen and oxygen atoms in total. The monoisotopic (exact) mass is 1640 g/mol. The first-order valence-corrected chi connectivity index (χ1v) is 37.9. The predicted octanol–water partition coefficient (Wildman–Crippen LogP) is -5.38. The molecular weight excluding hydrogens is 1540 g/mol. The number of amides is 5. The summed E-state index contributed by atoms with van der Waals surface area (Å²) >= 11 is 0. The van der Waals surface area contributed by atoms with Crippen molar-refractivity contribution in [2.75, 3.05) is 31.7 Å². The number of nitrogens with one attached hydrogen (secondary N) is 6. The number of ether oxygens (including phenoxy) is 4. The van der Waals surface area contributed by atoms with E-state index in [9.17, 15) is 113 Å². The molecule has 3 heterocycles. The summed E-state index contributed by atoms with van der Waals surface area (Å²) in [6, 6.07) is 0.733. The van der Waals surface area contributed by atoms with Crippen molar-refractivity contribution in [3.63, 3.8) is 0 Å². The number of carbonyl (C=O) groups is 8. The Bertz CT molecular complexity index is 4140. The number of nitrogens with zero attached hydrogens (tertiary/aromatic N) is 2. The minimum atomic E-state index is -5.94. The SMILES string of the molecule is CC(C)=CCCC(C)CCOP(=O)(O)OP(=O)(O)O[C@H]1O[C@H](CO)[C@@H](O[C@@H]2O[C@H](CO)[C@@H](O)[C@H](O)[C@H]2N=C(C)[O-])[C@H](OC(C)C(=O)N[C@@H](C)C(=O)N[C@@H](CCC(=O)N[C@@H](CCCCNc2cccc(C(=O)O)c2-c2c3ccc(=O)cc-3oc3cc(O)ccc23)C(=O)N[C@@H](C)C(=O)N[C@@H](C)C(=O)O)C(=O)O)[C@H]1N=C(C)[O-].[Na+].[Na+]. The standard InChI is InChI=1S/C69H96N8O31P2.2Na/c1-32(2)14-12-15-33(3)25-27-101-109(97,98)108-110(99,100)107-69-56(75-39(9)81)60(59(51(31-79)105-69)106-68-55(74-38(8)80)58(86)57(85)50(30-78)104-68)102-37(7)63(89)71-35(5)62(88)77-47(67(95)96)23-24-52(84)76-46(64(90)72-34(4)61(87)73-36(6)65(91)92)17-10-11-26-70-45-18-13-16-44(66(93)94)54(45)53-42-21-19-40(82)28-48(42)103-49-29-41(83)20-22-43(49)53;;/h13-14,16,18-22,28-29,33-37,46-47,50-51,55-60,68-70,78-79,82,85-86H,10-12,15,17,23-27,30-31H2,1-9H3,(H,71,89)(H,72,90)(H,73,87)(H,74,80)(H,75,81)(H,76,84)(H,77,88)(H,91,92)(H,93,94)(H,95,96)(H,97,98)(H,99,100);;/q;2*+1/p-2/t33?,34-,35-,36-,37?,46-,47-,50+,51+,55+,56+,57+,58+,59+,60+,68-,69+;;/m0../s1. The first kappa shape index (κ1) is 97.5. The van der Waals surface area contributed by atoms with Gasteiger partial charge in [-0.05, 0) is 154 Å². The molecule has 0 saturated carbocycles. The normalized spacial score (nSPS) is 22.9. The number of benzene rings is 3. The van der Waals surface area contributed by atoms with Crippen LogP contribution in [0.1, 0.15) is 124 Å². The van der Waals surface area contributed by atoms with Gasteiger partial charge in [0.25, 0.3) is 0 Å².